The van der Waals surface area contributed by atoms with Crippen LogP contribution in [0.5, 0.6) is 17.2 Å². The topological polar surface area (TPSA) is 96.2 Å². The van der Waals surface area contributed by atoms with Gasteiger partial charge in [0.1, 0.15) is 29.4 Å². The number of para-hydroxylation sites is 1. The van der Waals surface area contributed by atoms with Gasteiger partial charge in [0.05, 0.1) is 29.9 Å². The van der Waals surface area contributed by atoms with Crippen molar-refractivity contribution in [3.8, 4) is 23.3 Å². The highest BCUT2D eigenvalue weighted by Gasteiger charge is 2.30. The SMILES string of the molecule is CCCCCCCCCCCCCCCCCCOC[C@H](COP(=O)(OC)Oc1ccccc1Cl)Oc1ccc(C#N)c(OC(C)C)c1. The largest absolute Gasteiger partial charge is 0.529 e. The number of phosphoric acid groups is 1. The zero-order valence-corrected chi connectivity index (χ0v) is 31.4. The first kappa shape index (κ1) is 41.9. The summed E-state index contributed by atoms with van der Waals surface area (Å²) in [4.78, 5) is 0. The zero-order valence-electron chi connectivity index (χ0n) is 29.8. The van der Waals surface area contributed by atoms with Gasteiger partial charge in [0.25, 0.3) is 0 Å². The number of hydrogen-bond acceptors (Lipinski definition) is 8. The fourth-order valence-corrected chi connectivity index (χ4v) is 6.44. The van der Waals surface area contributed by atoms with Gasteiger partial charge < -0.3 is 18.7 Å². The maximum Gasteiger partial charge on any atom is 0.529 e. The van der Waals surface area contributed by atoms with Crippen molar-refractivity contribution >= 4 is 19.4 Å². The molecule has 0 fully saturated rings. The fourth-order valence-electron chi connectivity index (χ4n) is 5.23. The average Bonchev–Trinajstić information content (AvgIpc) is 3.07. The summed E-state index contributed by atoms with van der Waals surface area (Å²) in [6.45, 7) is 6.67. The molecule has 0 heterocycles. The van der Waals surface area contributed by atoms with Crippen LogP contribution in [0.4, 0.5) is 0 Å². The molecule has 2 aromatic rings. The van der Waals surface area contributed by atoms with E-state index in [0.717, 1.165) is 12.8 Å². The highest BCUT2D eigenvalue weighted by Crippen LogP contribution is 2.50. The summed E-state index contributed by atoms with van der Waals surface area (Å²) >= 11 is 6.18. The Labute approximate surface area is 295 Å². The van der Waals surface area contributed by atoms with Gasteiger partial charge in [-0.1, -0.05) is 127 Å². The number of rotatable bonds is 29. The fraction of sp³-hybridized carbons (Fsp3) is 0.658. The molecular formula is C38H59ClNO7P. The molecule has 0 bridgehead atoms. The molecule has 0 spiro atoms. The van der Waals surface area contributed by atoms with Gasteiger partial charge in [0.15, 0.2) is 0 Å². The van der Waals surface area contributed by atoms with Crippen molar-refractivity contribution in [1.29, 1.82) is 5.26 Å². The second-order valence-electron chi connectivity index (χ2n) is 12.5. The van der Waals surface area contributed by atoms with Crippen molar-refractivity contribution < 1.29 is 32.3 Å². The Morgan fingerprint density at radius 2 is 1.35 bits per heavy atom. The molecule has 10 heteroatoms. The number of nitrogens with zero attached hydrogens (tertiary/aromatic N) is 1. The normalized spacial score (nSPS) is 13.2. The summed E-state index contributed by atoms with van der Waals surface area (Å²) in [5.74, 6) is 1.07. The first-order valence-electron chi connectivity index (χ1n) is 18.0. The van der Waals surface area contributed by atoms with Gasteiger partial charge in [-0.3, -0.25) is 9.05 Å². The van der Waals surface area contributed by atoms with Crippen molar-refractivity contribution in [1.82, 2.24) is 0 Å². The minimum absolute atomic E-state index is 0.121. The third-order valence-electron chi connectivity index (χ3n) is 7.87. The van der Waals surface area contributed by atoms with Crippen LogP contribution in [0.25, 0.3) is 0 Å². The monoisotopic (exact) mass is 707 g/mol. The summed E-state index contributed by atoms with van der Waals surface area (Å²) in [6, 6.07) is 13.8. The lowest BCUT2D eigenvalue weighted by Crippen LogP contribution is -2.29. The molecule has 8 nitrogen and oxygen atoms in total. The van der Waals surface area contributed by atoms with Gasteiger partial charge in [-0.25, -0.2) is 4.57 Å². The number of nitriles is 1. The second kappa shape index (κ2) is 25.7. The van der Waals surface area contributed by atoms with Crippen molar-refractivity contribution in [2.75, 3.05) is 26.9 Å². The standard InChI is InChI=1S/C38H59ClNO7P/c1-5-6-7-8-9-10-11-12-13-14-15-16-17-18-19-22-27-43-30-35(46-34-26-25-33(29-40)38(28-34)45-32(2)3)31-44-48(41,42-4)47-37-24-21-20-23-36(37)39/h20-21,23-26,28,32,35H,5-19,22,27,30-31H2,1-4H3/t35-,48?/m1/s1. The average molecular weight is 708 g/mol. The quantitative estimate of drug-likeness (QED) is 0.0609. The summed E-state index contributed by atoms with van der Waals surface area (Å²) < 4.78 is 47.6. The Morgan fingerprint density at radius 3 is 1.90 bits per heavy atom. The Hall–Kier alpha value is -2.27. The Morgan fingerprint density at radius 1 is 0.771 bits per heavy atom. The molecule has 2 rings (SSSR count). The summed E-state index contributed by atoms with van der Waals surface area (Å²) in [7, 11) is -2.77. The first-order valence-corrected chi connectivity index (χ1v) is 19.8. The van der Waals surface area contributed by atoms with E-state index in [1.165, 1.54) is 97.0 Å². The van der Waals surface area contributed by atoms with Gasteiger partial charge in [-0.15, -0.1) is 0 Å². The molecule has 0 radical (unpaired) electrons. The number of benzene rings is 2. The van der Waals surface area contributed by atoms with Crippen molar-refractivity contribution in [3.05, 3.63) is 53.1 Å². The van der Waals surface area contributed by atoms with Crippen LogP contribution >= 0.6 is 19.4 Å². The number of halogens is 1. The molecule has 0 aromatic heterocycles. The van der Waals surface area contributed by atoms with E-state index in [-0.39, 0.29) is 30.1 Å². The van der Waals surface area contributed by atoms with Crippen molar-refractivity contribution in [2.24, 2.45) is 0 Å². The molecule has 1 unspecified atom stereocenters. The van der Waals surface area contributed by atoms with Gasteiger partial charge in [-0.2, -0.15) is 5.26 Å². The predicted molar refractivity (Wildman–Crippen MR) is 194 cm³/mol. The molecular weight excluding hydrogens is 649 g/mol. The van der Waals surface area contributed by atoms with Gasteiger partial charge in [0.2, 0.25) is 0 Å². The molecule has 0 aliphatic rings. The Balaban J connectivity index is 1.77. The molecule has 0 aliphatic carbocycles. The Kier molecular flexibility index (Phi) is 22.4. The van der Waals surface area contributed by atoms with E-state index in [9.17, 15) is 9.83 Å². The number of hydrogen-bond donors (Lipinski definition) is 0. The Bertz CT molecular complexity index is 1220. The smallest absolute Gasteiger partial charge is 0.489 e. The summed E-state index contributed by atoms with van der Waals surface area (Å²) in [6.07, 6.45) is 20.2. The van der Waals surface area contributed by atoms with E-state index < -0.39 is 13.9 Å². The minimum atomic E-state index is -4.01. The van der Waals surface area contributed by atoms with E-state index in [4.69, 9.17) is 39.4 Å². The van der Waals surface area contributed by atoms with Crippen LogP contribution in [-0.2, 0) is 18.3 Å². The van der Waals surface area contributed by atoms with Crippen LogP contribution in [0.2, 0.25) is 5.02 Å². The van der Waals surface area contributed by atoms with E-state index in [2.05, 4.69) is 13.0 Å². The maximum atomic E-state index is 13.3. The minimum Gasteiger partial charge on any atom is -0.489 e. The van der Waals surface area contributed by atoms with Gasteiger partial charge in [0, 0.05) is 19.8 Å². The third kappa shape index (κ3) is 18.5. The molecule has 0 N–H and O–H groups in total. The highest BCUT2D eigenvalue weighted by atomic mass is 35.5. The van der Waals surface area contributed by atoms with E-state index in [1.54, 1.807) is 42.5 Å². The molecule has 270 valence electrons. The van der Waals surface area contributed by atoms with E-state index >= 15 is 0 Å². The van der Waals surface area contributed by atoms with Crippen LogP contribution in [0.1, 0.15) is 129 Å². The summed E-state index contributed by atoms with van der Waals surface area (Å²) in [5.41, 5.74) is 0.403. The van der Waals surface area contributed by atoms with Crippen molar-refractivity contribution in [3.63, 3.8) is 0 Å². The molecule has 48 heavy (non-hydrogen) atoms. The lowest BCUT2D eigenvalue weighted by atomic mass is 10.0. The molecule has 0 saturated carbocycles. The molecule has 2 atom stereocenters. The van der Waals surface area contributed by atoms with Crippen LogP contribution in [0, 0.1) is 11.3 Å². The predicted octanol–water partition coefficient (Wildman–Crippen LogP) is 11.9. The lowest BCUT2D eigenvalue weighted by Gasteiger charge is -2.23. The van der Waals surface area contributed by atoms with Crippen LogP contribution in [0.15, 0.2) is 42.5 Å². The first-order chi connectivity index (χ1) is 23.3. The van der Waals surface area contributed by atoms with E-state index in [0.29, 0.717) is 23.7 Å². The van der Waals surface area contributed by atoms with Crippen LogP contribution in [-0.4, -0.2) is 39.1 Å². The molecule has 2 aromatic carbocycles. The molecule has 0 amide bonds. The third-order valence-corrected chi connectivity index (χ3v) is 9.52. The second-order valence-corrected chi connectivity index (χ2v) is 14.6. The highest BCUT2D eigenvalue weighted by molar-refractivity contribution is 7.48. The van der Waals surface area contributed by atoms with E-state index in [1.807, 2.05) is 13.8 Å². The van der Waals surface area contributed by atoms with Gasteiger partial charge in [-0.05, 0) is 44.5 Å². The summed E-state index contributed by atoms with van der Waals surface area (Å²) in [5, 5.41) is 9.77. The van der Waals surface area contributed by atoms with Gasteiger partial charge >= 0.3 is 7.82 Å². The molecule has 0 aliphatic heterocycles. The number of unbranched alkanes of at least 4 members (excludes halogenated alkanes) is 15. The van der Waals surface area contributed by atoms with Crippen LogP contribution in [0.3, 0.4) is 0 Å². The van der Waals surface area contributed by atoms with Crippen molar-refractivity contribution in [2.45, 2.75) is 136 Å². The van der Waals surface area contributed by atoms with Crippen LogP contribution < -0.4 is 14.0 Å². The molecule has 0 saturated heterocycles. The number of ether oxygens (including phenoxy) is 3. The number of phosphoric ester groups is 1. The lowest BCUT2D eigenvalue weighted by molar-refractivity contribution is 0.0171. The maximum absolute atomic E-state index is 13.3. The zero-order chi connectivity index (χ0) is 34.9.